The molecule has 0 aromatic heterocycles. The van der Waals surface area contributed by atoms with Crippen molar-refractivity contribution in [1.29, 1.82) is 0 Å². The van der Waals surface area contributed by atoms with E-state index in [4.69, 9.17) is 14.1 Å². The second kappa shape index (κ2) is 6.52. The predicted molar refractivity (Wildman–Crippen MR) is 105 cm³/mol. The average molecular weight is 392 g/mol. The third-order valence-corrected chi connectivity index (χ3v) is 7.66. The molecule has 6 heteroatoms. The molecule has 3 aliphatic rings. The maximum Gasteiger partial charge on any atom is 0.380 e. The van der Waals surface area contributed by atoms with Crippen molar-refractivity contribution in [2.45, 2.75) is 58.3 Å². The Morgan fingerprint density at radius 2 is 2.00 bits per heavy atom. The Bertz CT molecular complexity index is 878. The van der Waals surface area contributed by atoms with Crippen molar-refractivity contribution in [2.75, 3.05) is 6.61 Å². The van der Waals surface area contributed by atoms with Gasteiger partial charge in [-0.2, -0.15) is 13.6 Å². The number of fused-ring (bicyclic) bond motifs is 5. The summed E-state index contributed by atoms with van der Waals surface area (Å²) < 4.78 is 33.6. The van der Waals surface area contributed by atoms with Crippen LogP contribution in [0.25, 0.3) is 0 Å². The maximum atomic E-state index is 11.4. The highest BCUT2D eigenvalue weighted by Gasteiger charge is 2.52. The largest absolute Gasteiger partial charge is 0.490 e. The molecule has 0 aliphatic heterocycles. The van der Waals surface area contributed by atoms with Gasteiger partial charge in [0.2, 0.25) is 0 Å². The summed E-state index contributed by atoms with van der Waals surface area (Å²) in [5.74, 6) is 2.53. The number of aryl methyl sites for hydroxylation is 1. The van der Waals surface area contributed by atoms with E-state index in [9.17, 15) is 8.42 Å². The van der Waals surface area contributed by atoms with Gasteiger partial charge in [0.15, 0.2) is 11.5 Å². The van der Waals surface area contributed by atoms with E-state index in [0.717, 1.165) is 25.7 Å². The Morgan fingerprint density at radius 1 is 1.22 bits per heavy atom. The minimum Gasteiger partial charge on any atom is -0.490 e. The fraction of sp³-hybridized carbons (Fsp3) is 0.619. The van der Waals surface area contributed by atoms with Crippen LogP contribution in [0.15, 0.2) is 24.3 Å². The van der Waals surface area contributed by atoms with Gasteiger partial charge in [-0.05, 0) is 91.9 Å². The van der Waals surface area contributed by atoms with Crippen LogP contribution in [-0.4, -0.2) is 15.0 Å². The van der Waals surface area contributed by atoms with Crippen LogP contribution in [0.5, 0.6) is 11.5 Å². The maximum absolute atomic E-state index is 11.4. The SMILES string of the molecule is C=C1CCC2C3CCc4cc(OS(N)(=O)=O)c(OCC)cc4C3CCC12C. The molecule has 4 rings (SSSR count). The van der Waals surface area contributed by atoms with Crippen LogP contribution in [0, 0.1) is 17.3 Å². The number of rotatable bonds is 4. The van der Waals surface area contributed by atoms with E-state index in [1.54, 1.807) is 0 Å². The van der Waals surface area contributed by atoms with Gasteiger partial charge < -0.3 is 8.92 Å². The van der Waals surface area contributed by atoms with Crippen LogP contribution < -0.4 is 14.1 Å². The Morgan fingerprint density at radius 3 is 2.70 bits per heavy atom. The second-order valence-electron chi connectivity index (χ2n) is 8.52. The highest BCUT2D eigenvalue weighted by atomic mass is 32.2. The van der Waals surface area contributed by atoms with Crippen molar-refractivity contribution in [3.8, 4) is 11.5 Å². The highest BCUT2D eigenvalue weighted by Crippen LogP contribution is 2.62. The molecule has 4 atom stereocenters. The van der Waals surface area contributed by atoms with Crippen molar-refractivity contribution in [1.82, 2.24) is 0 Å². The molecule has 2 saturated carbocycles. The van der Waals surface area contributed by atoms with E-state index in [-0.39, 0.29) is 11.2 Å². The van der Waals surface area contributed by atoms with E-state index >= 15 is 0 Å². The summed E-state index contributed by atoms with van der Waals surface area (Å²) in [4.78, 5) is 0. The zero-order valence-corrected chi connectivity index (χ0v) is 17.0. The number of nitrogens with two attached hydrogens (primary N) is 1. The molecule has 2 N–H and O–H groups in total. The van der Waals surface area contributed by atoms with Crippen LogP contribution in [0.3, 0.4) is 0 Å². The summed E-state index contributed by atoms with van der Waals surface area (Å²) >= 11 is 0. The minimum atomic E-state index is -4.08. The van der Waals surface area contributed by atoms with Crippen molar-refractivity contribution in [2.24, 2.45) is 22.4 Å². The molecular weight excluding hydrogens is 362 g/mol. The van der Waals surface area contributed by atoms with Crippen molar-refractivity contribution < 1.29 is 17.3 Å². The lowest BCUT2D eigenvalue weighted by atomic mass is 9.55. The van der Waals surface area contributed by atoms with Gasteiger partial charge in [-0.1, -0.05) is 19.1 Å². The van der Waals surface area contributed by atoms with Gasteiger partial charge in [-0.25, -0.2) is 0 Å². The minimum absolute atomic E-state index is 0.200. The molecule has 0 radical (unpaired) electrons. The van der Waals surface area contributed by atoms with E-state index in [1.165, 1.54) is 29.5 Å². The third-order valence-electron chi connectivity index (χ3n) is 7.25. The molecule has 0 spiro atoms. The molecular formula is C21H29NO4S. The summed E-state index contributed by atoms with van der Waals surface area (Å²) in [6, 6.07) is 3.82. The molecule has 5 nitrogen and oxygen atoms in total. The first-order valence-corrected chi connectivity index (χ1v) is 11.4. The Balaban J connectivity index is 1.72. The van der Waals surface area contributed by atoms with Gasteiger partial charge in [-0.15, -0.1) is 0 Å². The molecule has 4 unspecified atom stereocenters. The number of hydrogen-bond donors (Lipinski definition) is 1. The van der Waals surface area contributed by atoms with Crippen LogP contribution >= 0.6 is 0 Å². The van der Waals surface area contributed by atoms with Crippen LogP contribution in [0.1, 0.15) is 63.0 Å². The Labute approximate surface area is 162 Å². The lowest BCUT2D eigenvalue weighted by Crippen LogP contribution is -2.40. The van der Waals surface area contributed by atoms with Gasteiger partial charge in [0.25, 0.3) is 0 Å². The molecule has 2 fully saturated rings. The first-order chi connectivity index (χ1) is 12.7. The monoisotopic (exact) mass is 391 g/mol. The van der Waals surface area contributed by atoms with Gasteiger partial charge >= 0.3 is 10.3 Å². The quantitative estimate of drug-likeness (QED) is 0.785. The fourth-order valence-electron chi connectivity index (χ4n) is 5.94. The van der Waals surface area contributed by atoms with Gasteiger partial charge in [0, 0.05) is 0 Å². The molecule has 0 heterocycles. The predicted octanol–water partition coefficient (Wildman–Crippen LogP) is 4.08. The zero-order chi connectivity index (χ0) is 19.4. The van der Waals surface area contributed by atoms with Crippen LogP contribution in [-0.2, 0) is 16.7 Å². The Hall–Kier alpha value is -1.53. The van der Waals surface area contributed by atoms with Crippen molar-refractivity contribution in [3.05, 3.63) is 35.4 Å². The molecule has 1 aromatic carbocycles. The topological polar surface area (TPSA) is 78.6 Å². The fourth-order valence-corrected chi connectivity index (χ4v) is 6.32. The number of ether oxygens (including phenoxy) is 1. The number of allylic oxidation sites excluding steroid dienone is 1. The normalized spacial score (nSPS) is 32.4. The molecule has 0 amide bonds. The average Bonchev–Trinajstić information content (AvgIpc) is 2.89. The van der Waals surface area contributed by atoms with E-state index < -0.39 is 10.3 Å². The summed E-state index contributed by atoms with van der Waals surface area (Å²) in [6.07, 6.45) is 6.79. The molecule has 0 saturated heterocycles. The zero-order valence-electron chi connectivity index (χ0n) is 16.2. The molecule has 148 valence electrons. The third kappa shape index (κ3) is 3.17. The summed E-state index contributed by atoms with van der Waals surface area (Å²) in [5.41, 5.74) is 4.19. The van der Waals surface area contributed by atoms with Crippen LogP contribution in [0.4, 0.5) is 0 Å². The van der Waals surface area contributed by atoms with Gasteiger partial charge in [0.1, 0.15) is 0 Å². The number of benzene rings is 1. The van der Waals surface area contributed by atoms with E-state index in [1.807, 2.05) is 19.1 Å². The smallest absolute Gasteiger partial charge is 0.380 e. The number of hydrogen-bond acceptors (Lipinski definition) is 4. The van der Waals surface area contributed by atoms with Crippen LogP contribution in [0.2, 0.25) is 0 Å². The Kier molecular flexibility index (Phi) is 4.54. The summed E-state index contributed by atoms with van der Waals surface area (Å²) in [6.45, 7) is 9.09. The second-order valence-corrected chi connectivity index (χ2v) is 9.67. The lowest BCUT2D eigenvalue weighted by Gasteiger charge is -2.49. The first-order valence-electron chi connectivity index (χ1n) is 9.93. The molecule has 0 bridgehead atoms. The van der Waals surface area contributed by atoms with Crippen molar-refractivity contribution in [3.63, 3.8) is 0 Å². The standard InChI is InChI=1S/C21H29NO4S/c1-4-25-19-12-17-14(11-20(19)26-27(22,23)24)6-7-16-15(17)9-10-21(3)13(2)5-8-18(16)21/h11-12,15-16,18H,2,4-10H2,1,3H3,(H2,22,23,24). The summed E-state index contributed by atoms with van der Waals surface area (Å²) in [5, 5.41) is 5.09. The van der Waals surface area contributed by atoms with Gasteiger partial charge in [0.05, 0.1) is 6.61 Å². The summed E-state index contributed by atoms with van der Waals surface area (Å²) in [7, 11) is -4.08. The first kappa shape index (κ1) is 18.8. The molecule has 27 heavy (non-hydrogen) atoms. The van der Waals surface area contributed by atoms with E-state index in [2.05, 4.69) is 13.5 Å². The molecule has 1 aromatic rings. The lowest BCUT2D eigenvalue weighted by molar-refractivity contribution is 0.0815. The van der Waals surface area contributed by atoms with Gasteiger partial charge in [-0.3, -0.25) is 0 Å². The van der Waals surface area contributed by atoms with E-state index in [0.29, 0.717) is 30.1 Å². The van der Waals surface area contributed by atoms with Crippen molar-refractivity contribution >= 4 is 10.3 Å². The highest BCUT2D eigenvalue weighted by molar-refractivity contribution is 7.84. The molecule has 3 aliphatic carbocycles.